The lowest BCUT2D eigenvalue weighted by Crippen LogP contribution is -2.44. The largest absolute Gasteiger partial charge is 0.437 e. The molecule has 5 rings (SSSR count). The summed E-state index contributed by atoms with van der Waals surface area (Å²) in [6.45, 7) is 20.4. The molecule has 0 saturated carbocycles. The first-order valence-corrected chi connectivity index (χ1v) is 14.9. The van der Waals surface area contributed by atoms with Crippen molar-refractivity contribution in [2.45, 2.75) is 73.1 Å². The Morgan fingerprint density at radius 1 is 0.977 bits per heavy atom. The topological polar surface area (TPSA) is 42.3 Å². The summed E-state index contributed by atoms with van der Waals surface area (Å²) in [5.41, 5.74) is 9.00. The first-order chi connectivity index (χ1) is 20.3. The summed E-state index contributed by atoms with van der Waals surface area (Å²) >= 11 is 0. The molecule has 4 radical (unpaired) electrons. The van der Waals surface area contributed by atoms with Gasteiger partial charge in [-0.25, -0.2) is 4.99 Å². The molecular weight excluding hydrogens is 524 g/mol. The maximum absolute atomic E-state index is 6.64. The van der Waals surface area contributed by atoms with Crippen molar-refractivity contribution < 1.29 is 8.98 Å². The minimum atomic E-state index is -0.981. The van der Waals surface area contributed by atoms with Gasteiger partial charge in [-0.3, -0.25) is 4.98 Å². The highest BCUT2D eigenvalue weighted by atomic mass is 16.3. The number of rotatable bonds is 6. The van der Waals surface area contributed by atoms with Gasteiger partial charge in [0.05, 0.1) is 26.9 Å². The molecule has 3 aromatic heterocycles. The molecule has 1 unspecified atom stereocenters. The molecule has 3 heterocycles. The van der Waals surface area contributed by atoms with Gasteiger partial charge in [0.2, 0.25) is 11.6 Å². The van der Waals surface area contributed by atoms with Crippen LogP contribution >= 0.6 is 0 Å². The van der Waals surface area contributed by atoms with E-state index in [0.29, 0.717) is 11.9 Å². The lowest BCUT2D eigenvalue weighted by molar-refractivity contribution is -0.709. The number of aromatic nitrogens is 2. The molecule has 5 aromatic rings. The highest BCUT2D eigenvalue weighted by Gasteiger charge is 2.35. The molecule has 0 amide bonds. The van der Waals surface area contributed by atoms with Gasteiger partial charge in [-0.05, 0) is 62.6 Å². The van der Waals surface area contributed by atoms with Crippen LogP contribution in [0, 0.1) is 26.2 Å². The third-order valence-corrected chi connectivity index (χ3v) is 8.44. The van der Waals surface area contributed by atoms with Crippen LogP contribution < -0.4 is 4.57 Å². The Morgan fingerprint density at radius 3 is 2.26 bits per heavy atom. The smallest absolute Gasteiger partial charge is 0.222 e. The fraction of sp³-hybridized carbons (Fsp3) is 0.324. The van der Waals surface area contributed by atoms with Gasteiger partial charge < -0.3 is 4.42 Å². The summed E-state index contributed by atoms with van der Waals surface area (Å²) in [7, 11) is 13.3. The molecule has 0 saturated heterocycles. The summed E-state index contributed by atoms with van der Waals surface area (Å²) < 4.78 is 8.45. The molecule has 0 aliphatic rings. The Bertz CT molecular complexity index is 1720. The van der Waals surface area contributed by atoms with Crippen LogP contribution in [0.4, 0.5) is 5.88 Å². The minimum absolute atomic E-state index is 0.302. The summed E-state index contributed by atoms with van der Waals surface area (Å²) in [5, 5.41) is 0.0621. The molecule has 0 N–H and O–H groups in total. The molecule has 0 aliphatic carbocycles. The van der Waals surface area contributed by atoms with Crippen LogP contribution in [0.1, 0.15) is 69.3 Å². The van der Waals surface area contributed by atoms with Crippen LogP contribution in [0.3, 0.4) is 0 Å². The number of aryl methyl sites for hydroxylation is 3. The summed E-state index contributed by atoms with van der Waals surface area (Å²) in [6.07, 6.45) is 4.99. The van der Waals surface area contributed by atoms with Gasteiger partial charge in [0.15, 0.2) is 17.8 Å². The average Bonchev–Trinajstić information content (AvgIpc) is 3.32. The highest BCUT2D eigenvalue weighted by Crippen LogP contribution is 2.41. The molecular formula is C37H42B2N3O+. The van der Waals surface area contributed by atoms with E-state index in [1.165, 1.54) is 11.1 Å². The van der Waals surface area contributed by atoms with Crippen molar-refractivity contribution in [2.24, 2.45) is 10.4 Å². The Hall–Kier alpha value is -3.92. The molecule has 1 atom stereocenters. The van der Waals surface area contributed by atoms with Crippen molar-refractivity contribution in [1.82, 2.24) is 4.98 Å². The number of fused-ring (bicyclic) bond motifs is 1. The first kappa shape index (κ1) is 32.0. The van der Waals surface area contributed by atoms with Gasteiger partial charge in [0, 0.05) is 41.3 Å². The second-order valence-corrected chi connectivity index (χ2v) is 12.5. The second kappa shape index (κ2) is 12.8. The van der Waals surface area contributed by atoms with Gasteiger partial charge >= 0.3 is 0 Å². The maximum Gasteiger partial charge on any atom is 0.222 e. The van der Waals surface area contributed by atoms with Crippen LogP contribution in [0.5, 0.6) is 0 Å². The van der Waals surface area contributed by atoms with Gasteiger partial charge in [-0.15, -0.1) is 0 Å². The van der Waals surface area contributed by atoms with Crippen molar-refractivity contribution in [3.8, 4) is 22.5 Å². The van der Waals surface area contributed by atoms with E-state index in [9.17, 15) is 0 Å². The molecule has 0 aliphatic heterocycles. The third-order valence-electron chi connectivity index (χ3n) is 8.44. The Kier molecular flexibility index (Phi) is 9.49. The lowest BCUT2D eigenvalue weighted by Gasteiger charge is -2.40. The van der Waals surface area contributed by atoms with E-state index in [4.69, 9.17) is 20.1 Å². The van der Waals surface area contributed by atoms with Crippen molar-refractivity contribution in [1.29, 1.82) is 0 Å². The first-order valence-electron chi connectivity index (χ1n) is 14.9. The van der Waals surface area contributed by atoms with Crippen LogP contribution in [0.15, 0.2) is 88.5 Å². The van der Waals surface area contributed by atoms with Crippen LogP contribution in [-0.2, 0) is 5.21 Å². The van der Waals surface area contributed by atoms with E-state index in [2.05, 4.69) is 105 Å². The number of hydrogen-bond acceptors (Lipinski definition) is 3. The van der Waals surface area contributed by atoms with Gasteiger partial charge in [0.1, 0.15) is 0 Å². The lowest BCUT2D eigenvalue weighted by atomic mass is 9.41. The Balaban J connectivity index is 0.000000269. The predicted octanol–water partition coefficient (Wildman–Crippen LogP) is 8.90. The Morgan fingerprint density at radius 2 is 1.67 bits per heavy atom. The molecule has 6 heteroatoms. The SMILES string of the molecule is Cc1ccc(-c2ccccc2)nc1.[B]C([B])(c1cc[n+](C(C)CC)c(-c2c(C)ccc3c(C)c(N=C)oc23)c1)C(C)(C)C. The zero-order valence-electron chi connectivity index (χ0n) is 26.9. The second-order valence-electron chi connectivity index (χ2n) is 12.5. The molecule has 2 aromatic carbocycles. The monoisotopic (exact) mass is 566 g/mol. The zero-order valence-corrected chi connectivity index (χ0v) is 26.9. The van der Waals surface area contributed by atoms with E-state index in [1.54, 1.807) is 0 Å². The fourth-order valence-corrected chi connectivity index (χ4v) is 5.07. The Labute approximate surface area is 260 Å². The highest BCUT2D eigenvalue weighted by molar-refractivity contribution is 6.40. The number of pyridine rings is 2. The van der Waals surface area contributed by atoms with E-state index in [1.807, 2.05) is 50.4 Å². The summed E-state index contributed by atoms with van der Waals surface area (Å²) in [5.74, 6) is 0.560. The van der Waals surface area contributed by atoms with E-state index < -0.39 is 5.21 Å². The minimum Gasteiger partial charge on any atom is -0.437 e. The third kappa shape index (κ3) is 6.54. The quantitative estimate of drug-likeness (QED) is 0.117. The van der Waals surface area contributed by atoms with Gasteiger partial charge in [-0.1, -0.05) is 81.4 Å². The summed E-state index contributed by atoms with van der Waals surface area (Å²) in [6, 6.07) is 23.0. The number of nitrogens with zero attached hydrogens (tertiary/aromatic N) is 3. The van der Waals surface area contributed by atoms with E-state index in [0.717, 1.165) is 51.0 Å². The van der Waals surface area contributed by atoms with Crippen molar-refractivity contribution in [3.63, 3.8) is 0 Å². The number of furan rings is 1. The predicted molar refractivity (Wildman–Crippen MR) is 183 cm³/mol. The fourth-order valence-electron chi connectivity index (χ4n) is 5.07. The molecule has 43 heavy (non-hydrogen) atoms. The molecule has 4 nitrogen and oxygen atoms in total. The normalized spacial score (nSPS) is 12.5. The standard InChI is InChI=1S/C25H31B2N2O.C12H11N/c1-9-16(3)29-13-12-18(25(26,27)24(5,6)7)14-20(29)21-15(2)10-11-19-17(4)23(28-8)30-22(19)21;1-10-7-8-12(13-9-10)11-5-3-2-4-6-11/h10-14,16H,8-9H2,1-7H3;2-9H,1H3/q+1;. The van der Waals surface area contributed by atoms with Crippen molar-refractivity contribution in [3.05, 3.63) is 101 Å². The maximum atomic E-state index is 6.64. The molecule has 216 valence electrons. The number of benzene rings is 2. The van der Waals surface area contributed by atoms with E-state index in [-0.39, 0.29) is 5.41 Å². The number of hydrogen-bond donors (Lipinski definition) is 0. The van der Waals surface area contributed by atoms with Crippen LogP contribution in [-0.4, -0.2) is 27.4 Å². The van der Waals surface area contributed by atoms with E-state index >= 15 is 0 Å². The number of aliphatic imine (C=N–C) groups is 1. The average molecular weight is 566 g/mol. The van der Waals surface area contributed by atoms with Crippen LogP contribution in [0.25, 0.3) is 33.5 Å². The van der Waals surface area contributed by atoms with Crippen molar-refractivity contribution >= 4 is 39.3 Å². The van der Waals surface area contributed by atoms with Gasteiger partial charge in [0.25, 0.3) is 0 Å². The zero-order chi connectivity index (χ0) is 31.5. The molecule has 0 bridgehead atoms. The van der Waals surface area contributed by atoms with Gasteiger partial charge in [-0.2, -0.15) is 4.57 Å². The molecule has 0 fully saturated rings. The molecule has 0 spiro atoms. The van der Waals surface area contributed by atoms with Crippen LogP contribution in [0.2, 0.25) is 0 Å². The van der Waals surface area contributed by atoms with Crippen molar-refractivity contribution in [2.75, 3.05) is 0 Å². The summed E-state index contributed by atoms with van der Waals surface area (Å²) in [4.78, 5) is 8.42.